The highest BCUT2D eigenvalue weighted by atomic mass is 19.1. The Hall–Kier alpha value is -1.75. The molecule has 0 saturated heterocycles. The molecule has 84 valence electrons. The minimum Gasteiger partial charge on any atom is -0.356 e. The number of aryl methyl sites for hydroxylation is 1. The van der Waals surface area contributed by atoms with Crippen molar-refractivity contribution in [2.75, 3.05) is 0 Å². The third kappa shape index (κ3) is 1.69. The second kappa shape index (κ2) is 4.02. The van der Waals surface area contributed by atoms with Crippen LogP contribution in [0.25, 0.3) is 11.3 Å². The fourth-order valence-electron chi connectivity index (χ4n) is 1.51. The highest BCUT2D eigenvalue weighted by Gasteiger charge is 2.17. The third-order valence-electron chi connectivity index (χ3n) is 2.36. The van der Waals surface area contributed by atoms with Crippen LogP contribution in [0.1, 0.15) is 11.3 Å². The lowest BCUT2D eigenvalue weighted by molar-refractivity contribution is 0.424. The van der Waals surface area contributed by atoms with E-state index in [0.717, 1.165) is 12.1 Å². The first-order chi connectivity index (χ1) is 7.63. The topological polar surface area (TPSA) is 52.0 Å². The molecule has 3 nitrogen and oxygen atoms in total. The minimum absolute atomic E-state index is 0.169. The molecule has 0 aliphatic heterocycles. The van der Waals surface area contributed by atoms with Gasteiger partial charge in [0.1, 0.15) is 11.6 Å². The van der Waals surface area contributed by atoms with Crippen LogP contribution in [0.3, 0.4) is 0 Å². The van der Waals surface area contributed by atoms with Gasteiger partial charge in [-0.05, 0) is 19.1 Å². The number of hydrogen-bond donors (Lipinski definition) is 1. The van der Waals surface area contributed by atoms with Crippen molar-refractivity contribution < 1.29 is 13.3 Å². The fraction of sp³-hybridized carbons (Fsp3) is 0.182. The summed E-state index contributed by atoms with van der Waals surface area (Å²) in [6.07, 6.45) is 0. The van der Waals surface area contributed by atoms with E-state index in [0.29, 0.717) is 11.3 Å². The maximum atomic E-state index is 13.5. The molecular formula is C11H10F2N2O. The minimum atomic E-state index is -0.689. The monoisotopic (exact) mass is 224 g/mol. The number of hydrogen-bond acceptors (Lipinski definition) is 3. The summed E-state index contributed by atoms with van der Waals surface area (Å²) in [5, 5.41) is 3.71. The van der Waals surface area contributed by atoms with Crippen molar-refractivity contribution >= 4 is 0 Å². The van der Waals surface area contributed by atoms with E-state index in [1.54, 1.807) is 6.92 Å². The molecule has 0 spiro atoms. The van der Waals surface area contributed by atoms with Crippen LogP contribution in [0.2, 0.25) is 0 Å². The van der Waals surface area contributed by atoms with E-state index in [-0.39, 0.29) is 17.9 Å². The Labute approximate surface area is 90.9 Å². The summed E-state index contributed by atoms with van der Waals surface area (Å²) in [7, 11) is 0. The molecule has 0 aliphatic rings. The molecule has 2 aromatic rings. The zero-order chi connectivity index (χ0) is 11.7. The van der Waals surface area contributed by atoms with Crippen LogP contribution < -0.4 is 5.73 Å². The summed E-state index contributed by atoms with van der Waals surface area (Å²) in [6.45, 7) is 1.91. The van der Waals surface area contributed by atoms with Crippen molar-refractivity contribution in [3.63, 3.8) is 0 Å². The lowest BCUT2D eigenvalue weighted by Gasteiger charge is -2.01. The average Bonchev–Trinajstić information content (AvgIpc) is 2.59. The summed E-state index contributed by atoms with van der Waals surface area (Å²) >= 11 is 0. The molecule has 0 fully saturated rings. The van der Waals surface area contributed by atoms with Crippen molar-refractivity contribution in [2.45, 2.75) is 13.5 Å². The quantitative estimate of drug-likeness (QED) is 0.852. The zero-order valence-corrected chi connectivity index (χ0v) is 8.63. The molecule has 0 aliphatic carbocycles. The average molecular weight is 224 g/mol. The highest BCUT2D eigenvalue weighted by Crippen LogP contribution is 2.28. The van der Waals surface area contributed by atoms with Gasteiger partial charge in [0, 0.05) is 18.2 Å². The summed E-state index contributed by atoms with van der Waals surface area (Å²) in [5.41, 5.74) is 6.93. The van der Waals surface area contributed by atoms with Gasteiger partial charge >= 0.3 is 0 Å². The molecule has 0 amide bonds. The second-order valence-electron chi connectivity index (χ2n) is 3.40. The van der Waals surface area contributed by atoms with Crippen LogP contribution in [-0.4, -0.2) is 5.16 Å². The standard InChI is InChI=1S/C11H10F2N2O/c1-6-9(5-14)11(16-15-6)8-3-2-7(12)4-10(8)13/h2-4H,5,14H2,1H3. The van der Waals surface area contributed by atoms with Crippen molar-refractivity contribution in [2.24, 2.45) is 5.73 Å². The van der Waals surface area contributed by atoms with Gasteiger partial charge in [-0.2, -0.15) is 0 Å². The van der Waals surface area contributed by atoms with Gasteiger partial charge < -0.3 is 10.3 Å². The van der Waals surface area contributed by atoms with Gasteiger partial charge in [0.25, 0.3) is 0 Å². The first-order valence-corrected chi connectivity index (χ1v) is 4.74. The van der Waals surface area contributed by atoms with Gasteiger partial charge in [-0.15, -0.1) is 0 Å². The number of aromatic nitrogens is 1. The largest absolute Gasteiger partial charge is 0.356 e. The molecule has 0 bridgehead atoms. The zero-order valence-electron chi connectivity index (χ0n) is 8.63. The lowest BCUT2D eigenvalue weighted by atomic mass is 10.1. The predicted octanol–water partition coefficient (Wildman–Crippen LogP) is 2.39. The molecule has 0 unspecified atom stereocenters. The SMILES string of the molecule is Cc1noc(-c2ccc(F)cc2F)c1CN. The second-order valence-corrected chi connectivity index (χ2v) is 3.40. The highest BCUT2D eigenvalue weighted by molar-refractivity contribution is 5.62. The van der Waals surface area contributed by atoms with Crippen molar-refractivity contribution in [1.82, 2.24) is 5.16 Å². The van der Waals surface area contributed by atoms with E-state index in [4.69, 9.17) is 10.3 Å². The van der Waals surface area contributed by atoms with Crippen LogP contribution in [0.5, 0.6) is 0 Å². The normalized spacial score (nSPS) is 10.8. The van der Waals surface area contributed by atoms with Gasteiger partial charge in [0.15, 0.2) is 5.76 Å². The molecule has 2 N–H and O–H groups in total. The van der Waals surface area contributed by atoms with E-state index < -0.39 is 11.6 Å². The van der Waals surface area contributed by atoms with Crippen LogP contribution in [-0.2, 0) is 6.54 Å². The van der Waals surface area contributed by atoms with Crippen LogP contribution >= 0.6 is 0 Å². The van der Waals surface area contributed by atoms with Gasteiger partial charge in [0.05, 0.1) is 11.3 Å². The molecule has 0 saturated carbocycles. The molecule has 2 rings (SSSR count). The first kappa shape index (κ1) is 10.8. The maximum absolute atomic E-state index is 13.5. The number of nitrogens with two attached hydrogens (primary N) is 1. The van der Waals surface area contributed by atoms with Crippen LogP contribution in [0.15, 0.2) is 22.7 Å². The Morgan fingerprint density at radius 1 is 1.38 bits per heavy atom. The molecular weight excluding hydrogens is 214 g/mol. The Balaban J connectivity index is 2.58. The van der Waals surface area contributed by atoms with E-state index in [2.05, 4.69) is 5.16 Å². The molecule has 5 heteroatoms. The van der Waals surface area contributed by atoms with Crippen LogP contribution in [0, 0.1) is 18.6 Å². The van der Waals surface area contributed by atoms with Gasteiger partial charge in [-0.3, -0.25) is 0 Å². The van der Waals surface area contributed by atoms with Crippen molar-refractivity contribution in [3.05, 3.63) is 41.1 Å². The van der Waals surface area contributed by atoms with Gasteiger partial charge in [0.2, 0.25) is 0 Å². The van der Waals surface area contributed by atoms with E-state index in [1.165, 1.54) is 6.07 Å². The van der Waals surface area contributed by atoms with Crippen molar-refractivity contribution in [1.29, 1.82) is 0 Å². The number of rotatable bonds is 2. The van der Waals surface area contributed by atoms with Crippen LogP contribution in [0.4, 0.5) is 8.78 Å². The molecule has 0 atom stereocenters. The lowest BCUT2D eigenvalue weighted by Crippen LogP contribution is -1.99. The summed E-state index contributed by atoms with van der Waals surface area (Å²) in [6, 6.07) is 3.27. The van der Waals surface area contributed by atoms with Gasteiger partial charge in [-0.1, -0.05) is 5.16 Å². The Bertz CT molecular complexity index is 523. The maximum Gasteiger partial charge on any atom is 0.174 e. The Kier molecular flexibility index (Phi) is 2.70. The molecule has 16 heavy (non-hydrogen) atoms. The van der Waals surface area contributed by atoms with Crippen molar-refractivity contribution in [3.8, 4) is 11.3 Å². The predicted molar refractivity (Wildman–Crippen MR) is 54.5 cm³/mol. The molecule has 0 radical (unpaired) electrons. The Morgan fingerprint density at radius 3 is 2.75 bits per heavy atom. The fourth-order valence-corrected chi connectivity index (χ4v) is 1.51. The molecule has 1 aromatic heterocycles. The summed E-state index contributed by atoms with van der Waals surface area (Å²) in [4.78, 5) is 0. The number of nitrogens with zero attached hydrogens (tertiary/aromatic N) is 1. The number of benzene rings is 1. The molecule has 1 heterocycles. The summed E-state index contributed by atoms with van der Waals surface area (Å²) in [5.74, 6) is -1.06. The van der Waals surface area contributed by atoms with E-state index in [9.17, 15) is 8.78 Å². The summed E-state index contributed by atoms with van der Waals surface area (Å²) < 4.78 is 31.2. The first-order valence-electron chi connectivity index (χ1n) is 4.74. The third-order valence-corrected chi connectivity index (χ3v) is 2.36. The smallest absolute Gasteiger partial charge is 0.174 e. The molecule has 1 aromatic carbocycles. The van der Waals surface area contributed by atoms with E-state index >= 15 is 0 Å². The Morgan fingerprint density at radius 2 is 2.12 bits per heavy atom. The van der Waals surface area contributed by atoms with Gasteiger partial charge in [-0.25, -0.2) is 8.78 Å². The number of halogens is 2. The van der Waals surface area contributed by atoms with E-state index in [1.807, 2.05) is 0 Å².